The van der Waals surface area contributed by atoms with Gasteiger partial charge in [-0.3, -0.25) is 0 Å². The zero-order valence-electron chi connectivity index (χ0n) is 19.3. The second kappa shape index (κ2) is 9.93. The van der Waals surface area contributed by atoms with Crippen LogP contribution in [0.2, 0.25) is 0 Å². The quantitative estimate of drug-likeness (QED) is 0.477. The molecule has 1 heterocycles. The largest absolute Gasteiger partial charge is 0.490 e. The average Bonchev–Trinajstić information content (AvgIpc) is 3.45. The standard InChI is InChI=1S/C24H27N5O4S/c1-15(2)32-22-10-7-16(13-17(22)14-25)24-27-23(28-33-24)20-6-4-5-19-18(20)8-9-21(19)29-34(30,31)12-11-26-3/h4-7,10,13,15,21,26,29H,8-9,11-12H2,1-3H3/t21-/m1/s1. The number of fused-ring (bicyclic) bond motifs is 1. The zero-order chi connectivity index (χ0) is 24.3. The number of benzene rings is 2. The van der Waals surface area contributed by atoms with Gasteiger partial charge in [-0.25, -0.2) is 13.1 Å². The number of ether oxygens (including phenoxy) is 1. The van der Waals surface area contributed by atoms with Gasteiger partial charge >= 0.3 is 0 Å². The van der Waals surface area contributed by atoms with Crippen molar-refractivity contribution in [2.75, 3.05) is 19.3 Å². The van der Waals surface area contributed by atoms with Gasteiger partial charge in [-0.1, -0.05) is 23.4 Å². The number of nitrogens with zero attached hydrogens (tertiary/aromatic N) is 3. The van der Waals surface area contributed by atoms with Gasteiger partial charge in [0.05, 0.1) is 17.4 Å². The van der Waals surface area contributed by atoms with Crippen LogP contribution in [-0.4, -0.2) is 44.0 Å². The first-order valence-electron chi connectivity index (χ1n) is 11.1. The molecule has 0 aliphatic heterocycles. The van der Waals surface area contributed by atoms with E-state index in [-0.39, 0.29) is 17.9 Å². The molecule has 178 valence electrons. The molecular formula is C24H27N5O4S. The predicted octanol–water partition coefficient (Wildman–Crippen LogP) is 3.19. The molecule has 3 aromatic rings. The van der Waals surface area contributed by atoms with E-state index in [0.717, 1.165) is 16.7 Å². The van der Waals surface area contributed by atoms with Crippen LogP contribution in [0.15, 0.2) is 40.9 Å². The van der Waals surface area contributed by atoms with Crippen molar-refractivity contribution in [3.63, 3.8) is 0 Å². The maximum atomic E-state index is 12.4. The van der Waals surface area contributed by atoms with Gasteiger partial charge in [0.25, 0.3) is 5.89 Å². The Hall–Kier alpha value is -3.26. The molecule has 9 nitrogen and oxygen atoms in total. The van der Waals surface area contributed by atoms with Crippen molar-refractivity contribution < 1.29 is 17.7 Å². The Balaban J connectivity index is 1.60. The minimum atomic E-state index is -3.40. The van der Waals surface area contributed by atoms with E-state index >= 15 is 0 Å². The van der Waals surface area contributed by atoms with E-state index in [2.05, 4.69) is 26.2 Å². The van der Waals surface area contributed by atoms with E-state index in [1.54, 1.807) is 25.2 Å². The van der Waals surface area contributed by atoms with Crippen LogP contribution in [-0.2, 0) is 16.4 Å². The molecule has 0 bridgehead atoms. The molecule has 34 heavy (non-hydrogen) atoms. The molecule has 10 heteroatoms. The second-order valence-corrected chi connectivity index (χ2v) is 10.3. The molecule has 1 aliphatic carbocycles. The van der Waals surface area contributed by atoms with Crippen molar-refractivity contribution in [3.05, 3.63) is 53.1 Å². The monoisotopic (exact) mass is 481 g/mol. The summed E-state index contributed by atoms with van der Waals surface area (Å²) in [6, 6.07) is 12.7. The second-order valence-electron chi connectivity index (χ2n) is 8.42. The molecule has 0 unspecified atom stereocenters. The van der Waals surface area contributed by atoms with Crippen LogP contribution >= 0.6 is 0 Å². The number of nitriles is 1. The van der Waals surface area contributed by atoms with Crippen molar-refractivity contribution in [3.8, 4) is 34.7 Å². The Morgan fingerprint density at radius 2 is 2.12 bits per heavy atom. The van der Waals surface area contributed by atoms with Gasteiger partial charge in [0.2, 0.25) is 15.8 Å². The highest BCUT2D eigenvalue weighted by Crippen LogP contribution is 2.38. The van der Waals surface area contributed by atoms with Crippen LogP contribution < -0.4 is 14.8 Å². The molecule has 0 amide bonds. The molecule has 1 aliphatic rings. The summed E-state index contributed by atoms with van der Waals surface area (Å²) in [6.45, 7) is 4.18. The number of aromatic nitrogens is 2. The summed E-state index contributed by atoms with van der Waals surface area (Å²) in [4.78, 5) is 4.56. The van der Waals surface area contributed by atoms with Gasteiger partial charge < -0.3 is 14.6 Å². The molecule has 4 rings (SSSR count). The maximum absolute atomic E-state index is 12.4. The lowest BCUT2D eigenvalue weighted by Gasteiger charge is -2.15. The fourth-order valence-electron chi connectivity index (χ4n) is 4.06. The molecule has 0 fully saturated rings. The Morgan fingerprint density at radius 1 is 1.29 bits per heavy atom. The van der Waals surface area contributed by atoms with Gasteiger partial charge in [-0.05, 0) is 63.1 Å². The highest BCUT2D eigenvalue weighted by Gasteiger charge is 2.29. The van der Waals surface area contributed by atoms with Crippen LogP contribution in [0, 0.1) is 11.3 Å². The first kappa shape index (κ1) is 23.9. The first-order chi connectivity index (χ1) is 16.3. The van der Waals surface area contributed by atoms with Crippen molar-refractivity contribution in [1.82, 2.24) is 20.2 Å². The highest BCUT2D eigenvalue weighted by molar-refractivity contribution is 7.89. The van der Waals surface area contributed by atoms with Gasteiger partial charge in [-0.2, -0.15) is 10.2 Å². The van der Waals surface area contributed by atoms with Crippen LogP contribution in [0.4, 0.5) is 0 Å². The van der Waals surface area contributed by atoms with E-state index in [9.17, 15) is 13.7 Å². The topological polar surface area (TPSA) is 130 Å². The Kier molecular flexibility index (Phi) is 6.97. The Bertz CT molecular complexity index is 1330. The van der Waals surface area contributed by atoms with Crippen LogP contribution in [0.25, 0.3) is 22.8 Å². The van der Waals surface area contributed by atoms with E-state index in [1.807, 2.05) is 32.0 Å². The van der Waals surface area contributed by atoms with Crippen molar-refractivity contribution in [2.45, 2.75) is 38.8 Å². The minimum absolute atomic E-state index is 0.0227. The predicted molar refractivity (Wildman–Crippen MR) is 128 cm³/mol. The summed E-state index contributed by atoms with van der Waals surface area (Å²) in [7, 11) is -1.67. The Labute approximate surface area is 199 Å². The summed E-state index contributed by atoms with van der Waals surface area (Å²) in [5.74, 6) is 1.24. The van der Waals surface area contributed by atoms with Crippen molar-refractivity contribution >= 4 is 10.0 Å². The number of sulfonamides is 1. The Morgan fingerprint density at radius 3 is 2.85 bits per heavy atom. The zero-order valence-corrected chi connectivity index (χ0v) is 20.1. The van der Waals surface area contributed by atoms with Crippen LogP contribution in [0.5, 0.6) is 5.75 Å². The van der Waals surface area contributed by atoms with E-state index in [4.69, 9.17) is 9.26 Å². The molecule has 0 saturated heterocycles. The van der Waals surface area contributed by atoms with Crippen LogP contribution in [0.3, 0.4) is 0 Å². The van der Waals surface area contributed by atoms with Gasteiger partial charge in [-0.15, -0.1) is 0 Å². The fraction of sp³-hybridized carbons (Fsp3) is 0.375. The van der Waals surface area contributed by atoms with Crippen molar-refractivity contribution in [1.29, 1.82) is 5.26 Å². The summed E-state index contributed by atoms with van der Waals surface area (Å²) >= 11 is 0. The summed E-state index contributed by atoms with van der Waals surface area (Å²) in [5, 5.41) is 16.5. The smallest absolute Gasteiger partial charge is 0.258 e. The lowest BCUT2D eigenvalue weighted by Crippen LogP contribution is -2.33. The van der Waals surface area contributed by atoms with Gasteiger partial charge in [0.15, 0.2) is 0 Å². The molecule has 0 spiro atoms. The summed E-state index contributed by atoms with van der Waals surface area (Å²) < 4.78 is 38.8. The third kappa shape index (κ3) is 5.12. The lowest BCUT2D eigenvalue weighted by molar-refractivity contribution is 0.241. The molecule has 1 aromatic heterocycles. The maximum Gasteiger partial charge on any atom is 0.258 e. The molecular weight excluding hydrogens is 454 g/mol. The third-order valence-electron chi connectivity index (χ3n) is 5.59. The summed E-state index contributed by atoms with van der Waals surface area (Å²) in [6.07, 6.45) is 1.32. The number of hydrogen-bond acceptors (Lipinski definition) is 8. The SMILES string of the molecule is CNCCS(=O)(=O)N[C@@H]1CCc2c(-c3noc(-c4ccc(OC(C)C)c(C#N)c4)n3)cccc21. The minimum Gasteiger partial charge on any atom is -0.490 e. The third-order valence-corrected chi connectivity index (χ3v) is 6.98. The normalized spacial score (nSPS) is 15.3. The molecule has 1 atom stereocenters. The number of hydrogen-bond donors (Lipinski definition) is 2. The molecule has 0 saturated carbocycles. The molecule has 0 radical (unpaired) electrons. The fourth-order valence-corrected chi connectivity index (χ4v) is 5.32. The van der Waals surface area contributed by atoms with E-state index in [1.165, 1.54) is 0 Å². The summed E-state index contributed by atoms with van der Waals surface area (Å²) in [5.41, 5.74) is 3.76. The van der Waals surface area contributed by atoms with E-state index < -0.39 is 10.0 Å². The first-order valence-corrected chi connectivity index (χ1v) is 12.8. The number of nitrogens with one attached hydrogen (secondary N) is 2. The van der Waals surface area contributed by atoms with Gasteiger partial charge in [0.1, 0.15) is 11.8 Å². The average molecular weight is 482 g/mol. The van der Waals surface area contributed by atoms with Crippen molar-refractivity contribution in [2.24, 2.45) is 0 Å². The lowest BCUT2D eigenvalue weighted by atomic mass is 10.0. The van der Waals surface area contributed by atoms with Crippen LogP contribution in [0.1, 0.15) is 43.0 Å². The molecule has 2 aromatic carbocycles. The molecule has 2 N–H and O–H groups in total. The number of rotatable bonds is 9. The van der Waals surface area contributed by atoms with E-state index in [0.29, 0.717) is 48.0 Å². The highest BCUT2D eigenvalue weighted by atomic mass is 32.2. The van der Waals surface area contributed by atoms with Gasteiger partial charge in [0, 0.05) is 23.7 Å².